The van der Waals surface area contributed by atoms with Crippen LogP contribution in [-0.4, -0.2) is 25.2 Å². The normalized spacial score (nSPS) is 11.6. The molecule has 3 aromatic carbocycles. The second kappa shape index (κ2) is 10.3. The van der Waals surface area contributed by atoms with Gasteiger partial charge in [-0.3, -0.25) is 4.79 Å². The van der Waals surface area contributed by atoms with E-state index in [9.17, 15) is 13.2 Å². The van der Waals surface area contributed by atoms with Crippen LogP contribution >= 0.6 is 23.2 Å². The number of hydrogen-bond acceptors (Lipinski definition) is 3. The van der Waals surface area contributed by atoms with Gasteiger partial charge in [-0.1, -0.05) is 59.1 Å². The number of anilines is 1. The fraction of sp³-hybridized carbons (Fsp3) is 0.240. The minimum Gasteiger partial charge on any atom is -0.325 e. The number of carbonyl (C=O) groups is 1. The number of sulfonamides is 1. The number of nitrogens with one attached hydrogen (secondary N) is 1. The van der Waals surface area contributed by atoms with Crippen molar-refractivity contribution in [2.75, 3.05) is 11.9 Å². The zero-order chi connectivity index (χ0) is 24.3. The molecule has 0 atom stereocenters. The van der Waals surface area contributed by atoms with Crippen LogP contribution in [0.15, 0.2) is 59.5 Å². The summed E-state index contributed by atoms with van der Waals surface area (Å²) in [5, 5.41) is 3.48. The lowest BCUT2D eigenvalue weighted by Gasteiger charge is -2.24. The second-order valence-corrected chi connectivity index (χ2v) is 10.9. The molecular formula is C25H26Cl2N2O3S. The fourth-order valence-corrected chi connectivity index (χ4v) is 5.97. The predicted octanol–water partition coefficient (Wildman–Crippen LogP) is 6.06. The quantitative estimate of drug-likeness (QED) is 0.425. The second-order valence-electron chi connectivity index (χ2n) is 8.17. The number of benzene rings is 3. The number of nitrogens with zero attached hydrogens (tertiary/aromatic N) is 1. The van der Waals surface area contributed by atoms with Crippen molar-refractivity contribution in [3.8, 4) is 0 Å². The molecule has 0 fully saturated rings. The van der Waals surface area contributed by atoms with Gasteiger partial charge in [-0.05, 0) is 74.2 Å². The molecule has 0 bridgehead atoms. The van der Waals surface area contributed by atoms with Crippen LogP contribution in [0, 0.1) is 27.7 Å². The molecule has 0 aliphatic heterocycles. The van der Waals surface area contributed by atoms with Gasteiger partial charge in [-0.15, -0.1) is 0 Å². The van der Waals surface area contributed by atoms with E-state index in [1.807, 2.05) is 44.2 Å². The maximum atomic E-state index is 13.8. The number of carbonyl (C=O) groups excluding carboxylic acids is 1. The summed E-state index contributed by atoms with van der Waals surface area (Å²) in [7, 11) is -4.00. The third kappa shape index (κ3) is 6.15. The molecule has 1 N–H and O–H groups in total. The minimum absolute atomic E-state index is 0.0345. The van der Waals surface area contributed by atoms with Gasteiger partial charge in [-0.2, -0.15) is 4.31 Å². The molecule has 8 heteroatoms. The highest BCUT2D eigenvalue weighted by Gasteiger charge is 2.30. The van der Waals surface area contributed by atoms with Gasteiger partial charge >= 0.3 is 0 Å². The molecule has 0 saturated carbocycles. The molecule has 0 aliphatic carbocycles. The zero-order valence-corrected chi connectivity index (χ0v) is 21.3. The SMILES string of the molecule is Cc1cccc(NC(=O)CN(Cc2ccc(Cl)c(Cl)c2)S(=O)(=O)c2c(C)cc(C)cc2C)c1. The Morgan fingerprint density at radius 3 is 2.15 bits per heavy atom. The van der Waals surface area contributed by atoms with Crippen LogP contribution < -0.4 is 5.32 Å². The van der Waals surface area contributed by atoms with E-state index >= 15 is 0 Å². The molecule has 1 amide bonds. The summed E-state index contributed by atoms with van der Waals surface area (Å²) in [5.41, 5.74) is 4.45. The standard InChI is InChI=1S/C25H26Cl2N2O3S/c1-16-6-5-7-21(12-16)28-24(30)15-29(14-20-8-9-22(26)23(27)13-20)33(31,32)25-18(3)10-17(2)11-19(25)4/h5-13H,14-15H2,1-4H3,(H,28,30). The number of aryl methyl sites for hydroxylation is 4. The zero-order valence-electron chi connectivity index (χ0n) is 18.9. The maximum absolute atomic E-state index is 13.8. The van der Waals surface area contributed by atoms with Gasteiger partial charge in [0, 0.05) is 12.2 Å². The van der Waals surface area contributed by atoms with Crippen LogP contribution in [-0.2, 0) is 21.4 Å². The van der Waals surface area contributed by atoms with Gasteiger partial charge in [0.15, 0.2) is 0 Å². The van der Waals surface area contributed by atoms with Gasteiger partial charge in [0.2, 0.25) is 15.9 Å². The lowest BCUT2D eigenvalue weighted by Crippen LogP contribution is -2.38. The Morgan fingerprint density at radius 2 is 1.55 bits per heavy atom. The smallest absolute Gasteiger partial charge is 0.244 e. The molecule has 3 aromatic rings. The van der Waals surface area contributed by atoms with Crippen molar-refractivity contribution < 1.29 is 13.2 Å². The Kier molecular flexibility index (Phi) is 7.85. The first-order chi connectivity index (χ1) is 15.5. The molecule has 0 aromatic heterocycles. The summed E-state index contributed by atoms with van der Waals surface area (Å²) in [5.74, 6) is -0.438. The Labute approximate surface area is 205 Å². The van der Waals surface area contributed by atoms with Crippen LogP contribution in [0.3, 0.4) is 0 Å². The van der Waals surface area contributed by atoms with E-state index in [4.69, 9.17) is 23.2 Å². The number of hydrogen-bond donors (Lipinski definition) is 1. The maximum Gasteiger partial charge on any atom is 0.244 e. The van der Waals surface area contributed by atoms with Crippen molar-refractivity contribution in [1.82, 2.24) is 4.31 Å². The summed E-state index contributed by atoms with van der Waals surface area (Å²) < 4.78 is 28.7. The highest BCUT2D eigenvalue weighted by atomic mass is 35.5. The van der Waals surface area contributed by atoms with Crippen LogP contribution in [0.2, 0.25) is 10.0 Å². The Morgan fingerprint density at radius 1 is 0.879 bits per heavy atom. The third-order valence-electron chi connectivity index (χ3n) is 5.17. The number of rotatable bonds is 7. The monoisotopic (exact) mass is 504 g/mol. The molecule has 174 valence electrons. The molecule has 0 saturated heterocycles. The van der Waals surface area contributed by atoms with E-state index in [1.165, 1.54) is 4.31 Å². The summed E-state index contributed by atoms with van der Waals surface area (Å²) in [6.45, 7) is 6.96. The van der Waals surface area contributed by atoms with E-state index < -0.39 is 15.9 Å². The van der Waals surface area contributed by atoms with E-state index in [0.717, 1.165) is 11.1 Å². The van der Waals surface area contributed by atoms with Crippen LogP contribution in [0.1, 0.15) is 27.8 Å². The Balaban J connectivity index is 1.99. The molecule has 0 aliphatic rings. The molecule has 0 spiro atoms. The summed E-state index contributed by atoms with van der Waals surface area (Å²) in [4.78, 5) is 13.1. The Bertz CT molecular complexity index is 1280. The summed E-state index contributed by atoms with van der Waals surface area (Å²) in [6.07, 6.45) is 0. The van der Waals surface area contributed by atoms with Crippen molar-refractivity contribution in [3.63, 3.8) is 0 Å². The number of halogens is 2. The minimum atomic E-state index is -4.00. The van der Waals surface area contributed by atoms with Crippen molar-refractivity contribution in [1.29, 1.82) is 0 Å². The van der Waals surface area contributed by atoms with Gasteiger partial charge in [-0.25, -0.2) is 8.42 Å². The van der Waals surface area contributed by atoms with Gasteiger partial charge in [0.25, 0.3) is 0 Å². The van der Waals surface area contributed by atoms with Crippen molar-refractivity contribution in [2.45, 2.75) is 39.1 Å². The first-order valence-electron chi connectivity index (χ1n) is 10.4. The largest absolute Gasteiger partial charge is 0.325 e. The van der Waals surface area contributed by atoms with E-state index in [1.54, 1.807) is 38.1 Å². The molecular weight excluding hydrogens is 479 g/mol. The fourth-order valence-electron chi connectivity index (χ4n) is 3.85. The number of amides is 1. The average molecular weight is 505 g/mol. The molecule has 5 nitrogen and oxygen atoms in total. The van der Waals surface area contributed by atoms with E-state index in [2.05, 4.69) is 5.32 Å². The topological polar surface area (TPSA) is 66.5 Å². The summed E-state index contributed by atoms with van der Waals surface area (Å²) in [6, 6.07) is 15.9. The summed E-state index contributed by atoms with van der Waals surface area (Å²) >= 11 is 12.2. The van der Waals surface area contributed by atoms with Crippen molar-refractivity contribution >= 4 is 44.8 Å². The molecule has 0 heterocycles. The van der Waals surface area contributed by atoms with Crippen LogP contribution in [0.5, 0.6) is 0 Å². The first-order valence-corrected chi connectivity index (χ1v) is 12.6. The lowest BCUT2D eigenvalue weighted by molar-refractivity contribution is -0.116. The first kappa shape index (κ1) is 25.2. The van der Waals surface area contributed by atoms with Crippen LogP contribution in [0.4, 0.5) is 5.69 Å². The average Bonchev–Trinajstić information content (AvgIpc) is 2.69. The lowest BCUT2D eigenvalue weighted by atomic mass is 10.1. The van der Waals surface area contributed by atoms with Crippen molar-refractivity contribution in [3.05, 3.63) is 92.5 Å². The third-order valence-corrected chi connectivity index (χ3v) is 8.00. The Hall–Kier alpha value is -2.38. The van der Waals surface area contributed by atoms with Crippen molar-refractivity contribution in [2.24, 2.45) is 0 Å². The van der Waals surface area contributed by atoms with Gasteiger partial charge in [0.1, 0.15) is 0 Å². The molecule has 0 unspecified atom stereocenters. The predicted molar refractivity (Wildman–Crippen MR) is 135 cm³/mol. The molecule has 33 heavy (non-hydrogen) atoms. The highest BCUT2D eigenvalue weighted by Crippen LogP contribution is 2.28. The van der Waals surface area contributed by atoms with Gasteiger partial charge in [0.05, 0.1) is 21.5 Å². The van der Waals surface area contributed by atoms with Crippen LogP contribution in [0.25, 0.3) is 0 Å². The van der Waals surface area contributed by atoms with E-state index in [-0.39, 0.29) is 18.0 Å². The van der Waals surface area contributed by atoms with Gasteiger partial charge < -0.3 is 5.32 Å². The van der Waals surface area contributed by atoms with E-state index in [0.29, 0.717) is 32.4 Å². The molecule has 0 radical (unpaired) electrons. The molecule has 3 rings (SSSR count). The highest BCUT2D eigenvalue weighted by molar-refractivity contribution is 7.89.